The summed E-state index contributed by atoms with van der Waals surface area (Å²) < 4.78 is 16.3. The molecule has 0 unspecified atom stereocenters. The molecule has 0 saturated carbocycles. The fourth-order valence-electron chi connectivity index (χ4n) is 2.66. The van der Waals surface area contributed by atoms with E-state index in [1.807, 2.05) is 30.3 Å². The molecule has 0 spiro atoms. The molecule has 0 amide bonds. The van der Waals surface area contributed by atoms with Gasteiger partial charge in [-0.1, -0.05) is 30.3 Å². The first-order chi connectivity index (χ1) is 11.1. The zero-order chi connectivity index (χ0) is 16.4. The van der Waals surface area contributed by atoms with Gasteiger partial charge in [0.1, 0.15) is 5.82 Å². The molecule has 2 aromatic heterocycles. The lowest BCUT2D eigenvalue weighted by atomic mass is 10.2. The van der Waals surface area contributed by atoms with Crippen LogP contribution in [0.25, 0.3) is 11.0 Å². The predicted molar refractivity (Wildman–Crippen MR) is 87.8 cm³/mol. The second-order valence-electron chi connectivity index (χ2n) is 5.31. The van der Waals surface area contributed by atoms with Gasteiger partial charge in [-0.25, -0.2) is 9.18 Å². The van der Waals surface area contributed by atoms with Crippen LogP contribution in [0.4, 0.5) is 10.2 Å². The minimum atomic E-state index is -0.520. The van der Waals surface area contributed by atoms with E-state index >= 15 is 0 Å². The Morgan fingerprint density at radius 2 is 2.09 bits per heavy atom. The summed E-state index contributed by atoms with van der Waals surface area (Å²) in [7, 11) is 1.68. The van der Waals surface area contributed by atoms with E-state index in [-0.39, 0.29) is 5.39 Å². The summed E-state index contributed by atoms with van der Waals surface area (Å²) in [4.78, 5) is 18.2. The Morgan fingerprint density at radius 3 is 2.78 bits per heavy atom. The van der Waals surface area contributed by atoms with Crippen molar-refractivity contribution in [3.05, 3.63) is 57.9 Å². The SMILES string of the molecule is Cn1c(CCN)c(F)c2c(NCc3ccccc3)[nH]c(=O)nc21. The van der Waals surface area contributed by atoms with Crippen molar-refractivity contribution in [2.45, 2.75) is 13.0 Å². The number of benzene rings is 1. The highest BCUT2D eigenvalue weighted by atomic mass is 19.1. The lowest BCUT2D eigenvalue weighted by Crippen LogP contribution is -2.15. The number of fused-ring (bicyclic) bond motifs is 1. The van der Waals surface area contributed by atoms with Crippen molar-refractivity contribution in [1.82, 2.24) is 14.5 Å². The first-order valence-electron chi connectivity index (χ1n) is 7.36. The topological polar surface area (TPSA) is 88.7 Å². The quantitative estimate of drug-likeness (QED) is 0.666. The van der Waals surface area contributed by atoms with Crippen LogP contribution in [0.3, 0.4) is 0 Å². The summed E-state index contributed by atoms with van der Waals surface area (Å²) in [6.07, 6.45) is 0.380. The number of nitrogens with one attached hydrogen (secondary N) is 2. The fraction of sp³-hybridized carbons (Fsp3) is 0.250. The first-order valence-corrected chi connectivity index (χ1v) is 7.36. The van der Waals surface area contributed by atoms with Gasteiger partial charge >= 0.3 is 5.69 Å². The third kappa shape index (κ3) is 2.83. The van der Waals surface area contributed by atoms with Crippen molar-refractivity contribution in [3.8, 4) is 0 Å². The summed E-state index contributed by atoms with van der Waals surface area (Å²) >= 11 is 0. The number of aromatic nitrogens is 3. The molecule has 7 heteroatoms. The van der Waals surface area contributed by atoms with Gasteiger partial charge in [0.05, 0.1) is 11.1 Å². The second kappa shape index (κ2) is 6.21. The Kier molecular flexibility index (Phi) is 4.12. The number of hydrogen-bond acceptors (Lipinski definition) is 4. The Morgan fingerprint density at radius 1 is 1.35 bits per heavy atom. The summed E-state index contributed by atoms with van der Waals surface area (Å²) in [6, 6.07) is 9.66. The van der Waals surface area contributed by atoms with Crippen LogP contribution in [-0.4, -0.2) is 21.1 Å². The highest BCUT2D eigenvalue weighted by Crippen LogP contribution is 2.27. The van der Waals surface area contributed by atoms with E-state index in [0.717, 1.165) is 5.56 Å². The number of rotatable bonds is 5. The summed E-state index contributed by atoms with van der Waals surface area (Å²) in [5, 5.41) is 3.37. The van der Waals surface area contributed by atoms with Crippen LogP contribution in [0.5, 0.6) is 0 Å². The fourth-order valence-corrected chi connectivity index (χ4v) is 2.66. The Hall–Kier alpha value is -2.67. The molecule has 120 valence electrons. The molecule has 0 aliphatic rings. The van der Waals surface area contributed by atoms with Crippen LogP contribution in [0, 0.1) is 5.82 Å². The van der Waals surface area contributed by atoms with Gasteiger partial charge in [-0.2, -0.15) is 4.98 Å². The lowest BCUT2D eigenvalue weighted by Gasteiger charge is -2.07. The van der Waals surface area contributed by atoms with E-state index in [4.69, 9.17) is 5.73 Å². The number of hydrogen-bond donors (Lipinski definition) is 3. The van der Waals surface area contributed by atoms with E-state index in [1.165, 1.54) is 0 Å². The maximum atomic E-state index is 14.7. The van der Waals surface area contributed by atoms with E-state index in [1.54, 1.807) is 11.6 Å². The number of aromatic amines is 1. The van der Waals surface area contributed by atoms with E-state index in [0.29, 0.717) is 36.7 Å². The van der Waals surface area contributed by atoms with Gasteiger partial charge in [-0.15, -0.1) is 0 Å². The van der Waals surface area contributed by atoms with Crippen molar-refractivity contribution >= 4 is 16.9 Å². The first kappa shape index (κ1) is 15.2. The molecule has 23 heavy (non-hydrogen) atoms. The van der Waals surface area contributed by atoms with Gasteiger partial charge in [0.2, 0.25) is 0 Å². The van der Waals surface area contributed by atoms with Gasteiger partial charge in [0.15, 0.2) is 11.5 Å². The van der Waals surface area contributed by atoms with Gasteiger partial charge in [0.25, 0.3) is 0 Å². The largest absolute Gasteiger partial charge is 0.367 e. The van der Waals surface area contributed by atoms with Gasteiger partial charge in [-0.05, 0) is 12.1 Å². The molecule has 0 aliphatic heterocycles. The molecule has 0 aliphatic carbocycles. The molecule has 0 bridgehead atoms. The molecule has 2 heterocycles. The van der Waals surface area contributed by atoms with Crippen LogP contribution in [0.1, 0.15) is 11.3 Å². The summed E-state index contributed by atoms with van der Waals surface area (Å²) in [5.74, 6) is -0.0625. The number of anilines is 1. The normalized spacial score (nSPS) is 11.1. The molecule has 3 aromatic rings. The van der Waals surface area contributed by atoms with E-state index in [2.05, 4.69) is 15.3 Å². The molecular formula is C16H18FN5O. The molecule has 1 aromatic carbocycles. The zero-order valence-corrected chi connectivity index (χ0v) is 12.8. The molecule has 6 nitrogen and oxygen atoms in total. The minimum absolute atomic E-state index is 0.284. The Bertz CT molecular complexity index is 885. The minimum Gasteiger partial charge on any atom is -0.367 e. The third-order valence-corrected chi connectivity index (χ3v) is 3.80. The number of nitrogens with two attached hydrogens (primary N) is 1. The number of nitrogens with zero attached hydrogens (tertiary/aromatic N) is 2. The molecule has 4 N–H and O–H groups in total. The van der Waals surface area contributed by atoms with Gasteiger partial charge in [0, 0.05) is 20.0 Å². The zero-order valence-electron chi connectivity index (χ0n) is 12.8. The molecule has 0 saturated heterocycles. The maximum absolute atomic E-state index is 14.7. The van der Waals surface area contributed by atoms with Crippen LogP contribution in [0.2, 0.25) is 0 Å². The average molecular weight is 315 g/mol. The maximum Gasteiger partial charge on any atom is 0.348 e. The smallest absolute Gasteiger partial charge is 0.348 e. The summed E-state index contributed by atoms with van der Waals surface area (Å²) in [5.41, 5.74) is 6.79. The molecule has 0 fully saturated rings. The highest BCUT2D eigenvalue weighted by Gasteiger charge is 2.20. The standard InChI is InChI=1S/C16H18FN5O/c1-22-11(7-8-18)13(17)12-14(20-16(23)21-15(12)22)19-9-10-5-3-2-4-6-10/h2-6H,7-9,18H2,1H3,(H2,19,20,21,23). The monoisotopic (exact) mass is 315 g/mol. The predicted octanol–water partition coefficient (Wildman–Crippen LogP) is 1.51. The van der Waals surface area contributed by atoms with Gasteiger partial charge < -0.3 is 15.6 Å². The Labute approximate surface area is 132 Å². The second-order valence-corrected chi connectivity index (χ2v) is 5.31. The summed E-state index contributed by atoms with van der Waals surface area (Å²) in [6.45, 7) is 0.790. The third-order valence-electron chi connectivity index (χ3n) is 3.80. The van der Waals surface area contributed by atoms with Gasteiger partial charge in [-0.3, -0.25) is 4.98 Å². The molecule has 3 rings (SSSR count). The molecule has 0 atom stereocenters. The van der Waals surface area contributed by atoms with Crippen LogP contribution in [-0.2, 0) is 20.0 Å². The van der Waals surface area contributed by atoms with Crippen LogP contribution in [0.15, 0.2) is 35.1 Å². The molecule has 0 radical (unpaired) electrons. The Balaban J connectivity index is 2.05. The number of H-pyrrole nitrogens is 1. The average Bonchev–Trinajstić information content (AvgIpc) is 2.79. The van der Waals surface area contributed by atoms with Crippen molar-refractivity contribution in [3.63, 3.8) is 0 Å². The van der Waals surface area contributed by atoms with Crippen molar-refractivity contribution in [1.29, 1.82) is 0 Å². The van der Waals surface area contributed by atoms with E-state index < -0.39 is 11.5 Å². The number of halogens is 1. The van der Waals surface area contributed by atoms with Crippen LogP contribution < -0.4 is 16.7 Å². The lowest BCUT2D eigenvalue weighted by molar-refractivity contribution is 0.606. The van der Waals surface area contributed by atoms with Crippen molar-refractivity contribution in [2.75, 3.05) is 11.9 Å². The van der Waals surface area contributed by atoms with Crippen molar-refractivity contribution in [2.24, 2.45) is 12.8 Å². The number of aryl methyl sites for hydroxylation is 1. The molecular weight excluding hydrogens is 297 g/mol. The van der Waals surface area contributed by atoms with Crippen LogP contribution >= 0.6 is 0 Å². The van der Waals surface area contributed by atoms with E-state index in [9.17, 15) is 9.18 Å². The van der Waals surface area contributed by atoms with Crippen molar-refractivity contribution < 1.29 is 4.39 Å². The highest BCUT2D eigenvalue weighted by molar-refractivity contribution is 5.89.